The Labute approximate surface area is 127 Å². The minimum atomic E-state index is -4.41. The molecule has 8 nitrogen and oxygen atoms in total. The number of hydrogen-bond acceptors (Lipinski definition) is 5. The van der Waals surface area contributed by atoms with E-state index in [2.05, 4.69) is 15.4 Å². The van der Waals surface area contributed by atoms with Gasteiger partial charge in [0.25, 0.3) is 0 Å². The van der Waals surface area contributed by atoms with Gasteiger partial charge in [-0.25, -0.2) is 0 Å². The van der Waals surface area contributed by atoms with E-state index in [0.717, 1.165) is 23.1 Å². The first-order valence-electron chi connectivity index (χ1n) is 6.22. The largest absolute Gasteiger partial charge is 0.490 e. The second-order valence-corrected chi connectivity index (χ2v) is 4.47. The molecule has 1 amide bonds. The monoisotopic (exact) mass is 329 g/mol. The van der Waals surface area contributed by atoms with E-state index in [9.17, 15) is 28.1 Å². The Bertz CT molecular complexity index is 711. The van der Waals surface area contributed by atoms with Gasteiger partial charge < -0.3 is 15.4 Å². The zero-order valence-electron chi connectivity index (χ0n) is 11.4. The van der Waals surface area contributed by atoms with Crippen molar-refractivity contribution in [1.82, 2.24) is 20.1 Å². The van der Waals surface area contributed by atoms with Gasteiger partial charge in [-0.15, -0.1) is 0 Å². The third kappa shape index (κ3) is 4.49. The predicted octanol–water partition coefficient (Wildman–Crippen LogP) is 1.52. The van der Waals surface area contributed by atoms with Gasteiger partial charge in [-0.3, -0.25) is 4.79 Å². The lowest BCUT2D eigenvalue weighted by molar-refractivity contribution is -0.394. The molecule has 1 N–H and O–H groups in total. The molecule has 0 aliphatic rings. The molecular weight excluding hydrogens is 319 g/mol. The number of aromatic nitrogens is 3. The number of alkyl halides is 3. The number of carbonyl (C=O) groups excluding carboxylic acids is 1. The molecule has 2 aromatic rings. The highest BCUT2D eigenvalue weighted by Gasteiger charge is 2.29. The minimum Gasteiger partial charge on any atom is -0.390 e. The molecule has 1 aromatic heterocycles. The van der Waals surface area contributed by atoms with Crippen molar-refractivity contribution >= 4 is 11.9 Å². The van der Waals surface area contributed by atoms with Crippen molar-refractivity contribution in [2.24, 2.45) is 0 Å². The van der Waals surface area contributed by atoms with Crippen LogP contribution < -0.4 is 5.32 Å². The van der Waals surface area contributed by atoms with Crippen LogP contribution in [0.3, 0.4) is 0 Å². The highest BCUT2D eigenvalue weighted by atomic mass is 19.4. The summed E-state index contributed by atoms with van der Waals surface area (Å²) in [4.78, 5) is 24.6. The molecule has 1 heterocycles. The number of nitrogens with one attached hydrogen (secondary N) is 1. The first-order valence-corrected chi connectivity index (χ1v) is 6.22. The molecular formula is C12H10F3N5O3. The number of amides is 1. The average molecular weight is 329 g/mol. The number of benzene rings is 1. The van der Waals surface area contributed by atoms with Crippen molar-refractivity contribution in [3.63, 3.8) is 0 Å². The molecule has 0 radical (unpaired) electrons. The van der Waals surface area contributed by atoms with E-state index in [1.54, 1.807) is 0 Å². The number of halogens is 3. The van der Waals surface area contributed by atoms with Crippen molar-refractivity contribution in [3.05, 3.63) is 51.8 Å². The normalized spacial score (nSPS) is 11.3. The Kier molecular flexibility index (Phi) is 4.57. The Morgan fingerprint density at radius 3 is 2.48 bits per heavy atom. The molecule has 0 aliphatic heterocycles. The highest BCUT2D eigenvalue weighted by Crippen LogP contribution is 2.28. The summed E-state index contributed by atoms with van der Waals surface area (Å²) < 4.78 is 38.2. The maximum atomic E-state index is 12.4. The van der Waals surface area contributed by atoms with Crippen LogP contribution in [0.2, 0.25) is 0 Å². The first-order chi connectivity index (χ1) is 10.8. The highest BCUT2D eigenvalue weighted by molar-refractivity contribution is 5.75. The fourth-order valence-corrected chi connectivity index (χ4v) is 1.66. The Morgan fingerprint density at radius 2 is 1.96 bits per heavy atom. The van der Waals surface area contributed by atoms with Gasteiger partial charge in [-0.2, -0.15) is 17.9 Å². The van der Waals surface area contributed by atoms with Gasteiger partial charge >= 0.3 is 12.1 Å². The maximum absolute atomic E-state index is 12.4. The summed E-state index contributed by atoms with van der Waals surface area (Å²) in [5.74, 6) is -1.13. The zero-order chi connectivity index (χ0) is 17.0. The molecule has 0 saturated heterocycles. The van der Waals surface area contributed by atoms with Crippen LogP contribution in [-0.4, -0.2) is 25.6 Å². The summed E-state index contributed by atoms with van der Waals surface area (Å²) in [7, 11) is 0. The lowest BCUT2D eigenvalue weighted by Gasteiger charge is -2.08. The summed E-state index contributed by atoms with van der Waals surface area (Å²) in [5, 5.41) is 16.3. The average Bonchev–Trinajstić information content (AvgIpc) is 2.93. The molecule has 23 heavy (non-hydrogen) atoms. The van der Waals surface area contributed by atoms with Gasteiger partial charge in [-0.05, 0) is 22.6 Å². The fraction of sp³-hybridized carbons (Fsp3) is 0.250. The number of rotatable bonds is 5. The van der Waals surface area contributed by atoms with Gasteiger partial charge in [-0.1, -0.05) is 17.1 Å². The van der Waals surface area contributed by atoms with E-state index >= 15 is 0 Å². The van der Waals surface area contributed by atoms with Crippen LogP contribution >= 0.6 is 0 Å². The minimum absolute atomic E-state index is 0.0216. The van der Waals surface area contributed by atoms with Gasteiger partial charge in [0, 0.05) is 11.6 Å². The van der Waals surface area contributed by atoms with Crippen LogP contribution in [-0.2, 0) is 24.1 Å². The second-order valence-electron chi connectivity index (χ2n) is 4.47. The Balaban J connectivity index is 1.87. The van der Waals surface area contributed by atoms with Gasteiger partial charge in [0.2, 0.25) is 12.2 Å². The van der Waals surface area contributed by atoms with Crippen molar-refractivity contribution in [2.75, 3.05) is 0 Å². The molecule has 0 fully saturated rings. The molecule has 0 bridgehead atoms. The van der Waals surface area contributed by atoms with Gasteiger partial charge in [0.05, 0.1) is 5.56 Å². The summed E-state index contributed by atoms with van der Waals surface area (Å²) >= 11 is 0. The van der Waals surface area contributed by atoms with Crippen LogP contribution in [0, 0.1) is 10.1 Å². The van der Waals surface area contributed by atoms with Crippen molar-refractivity contribution in [3.8, 4) is 0 Å². The van der Waals surface area contributed by atoms with Gasteiger partial charge in [0.15, 0.2) is 0 Å². The first kappa shape index (κ1) is 16.4. The third-order valence-electron chi connectivity index (χ3n) is 2.76. The molecule has 0 atom stereocenters. The van der Waals surface area contributed by atoms with Crippen LogP contribution in [0.15, 0.2) is 30.6 Å². The topological polar surface area (TPSA) is 103 Å². The maximum Gasteiger partial charge on any atom is 0.490 e. The zero-order valence-corrected chi connectivity index (χ0v) is 11.4. The summed E-state index contributed by atoms with van der Waals surface area (Å²) in [6.45, 7) is -0.269. The molecule has 0 aliphatic carbocycles. The molecule has 2 rings (SSSR count). The van der Waals surface area contributed by atoms with E-state index in [1.165, 1.54) is 12.1 Å². The van der Waals surface area contributed by atoms with Crippen LogP contribution in [0.1, 0.15) is 11.1 Å². The smallest absolute Gasteiger partial charge is 0.390 e. The molecule has 11 heteroatoms. The molecule has 0 unspecified atom stereocenters. The van der Waals surface area contributed by atoms with Crippen molar-refractivity contribution in [1.29, 1.82) is 0 Å². The van der Waals surface area contributed by atoms with E-state index in [-0.39, 0.29) is 13.1 Å². The second kappa shape index (κ2) is 6.42. The summed E-state index contributed by atoms with van der Waals surface area (Å²) in [6, 6.07) is 4.34. The summed E-state index contributed by atoms with van der Waals surface area (Å²) in [6.07, 6.45) is -3.38. The summed E-state index contributed by atoms with van der Waals surface area (Å²) in [5.41, 5.74) is -0.293. The van der Waals surface area contributed by atoms with E-state index in [4.69, 9.17) is 0 Å². The molecule has 1 aromatic carbocycles. The lowest BCUT2D eigenvalue weighted by Crippen LogP contribution is -2.27. The quantitative estimate of drug-likeness (QED) is 0.662. The number of carbonyl (C=O) groups is 1. The lowest BCUT2D eigenvalue weighted by atomic mass is 10.1. The van der Waals surface area contributed by atoms with E-state index < -0.39 is 28.5 Å². The van der Waals surface area contributed by atoms with Crippen molar-refractivity contribution < 1.29 is 22.9 Å². The van der Waals surface area contributed by atoms with E-state index in [0.29, 0.717) is 5.56 Å². The predicted molar refractivity (Wildman–Crippen MR) is 70.0 cm³/mol. The number of hydrogen-bond donors (Lipinski definition) is 1. The Morgan fingerprint density at radius 1 is 1.30 bits per heavy atom. The number of nitrogens with zero attached hydrogens (tertiary/aromatic N) is 4. The van der Waals surface area contributed by atoms with E-state index in [1.807, 2.05) is 0 Å². The van der Waals surface area contributed by atoms with Crippen LogP contribution in [0.25, 0.3) is 0 Å². The SMILES string of the molecule is O=C(Cn1cnc([N+](=O)[O-])n1)NCc1ccc(C(F)(F)F)cc1. The fourth-order valence-electron chi connectivity index (χ4n) is 1.66. The molecule has 0 spiro atoms. The molecule has 122 valence electrons. The number of nitro groups is 1. The van der Waals surface area contributed by atoms with Crippen molar-refractivity contribution in [2.45, 2.75) is 19.3 Å². The van der Waals surface area contributed by atoms with Crippen LogP contribution in [0.4, 0.5) is 19.1 Å². The third-order valence-corrected chi connectivity index (χ3v) is 2.76. The standard InChI is InChI=1S/C12H10F3N5O3/c13-12(14,15)9-3-1-8(2-4-9)5-16-10(21)6-19-7-17-11(18-19)20(22)23/h1-4,7H,5-6H2,(H,16,21). The molecule has 0 saturated carbocycles. The Hall–Kier alpha value is -2.98. The van der Waals surface area contributed by atoms with Crippen LogP contribution in [0.5, 0.6) is 0 Å². The van der Waals surface area contributed by atoms with Gasteiger partial charge in [0.1, 0.15) is 6.54 Å².